The van der Waals surface area contributed by atoms with Crippen molar-refractivity contribution < 1.29 is 9.90 Å². The van der Waals surface area contributed by atoms with Gasteiger partial charge in [-0.05, 0) is 32.1 Å². The van der Waals surface area contributed by atoms with Gasteiger partial charge in [0.05, 0.1) is 5.60 Å². The van der Waals surface area contributed by atoms with Crippen molar-refractivity contribution in [3.05, 3.63) is 0 Å². The van der Waals surface area contributed by atoms with Crippen molar-refractivity contribution in [3.8, 4) is 0 Å². The summed E-state index contributed by atoms with van der Waals surface area (Å²) in [6.45, 7) is 5.83. The van der Waals surface area contributed by atoms with Crippen LogP contribution in [0, 0.1) is 11.3 Å². The summed E-state index contributed by atoms with van der Waals surface area (Å²) in [6.07, 6.45) is 4.72. The molecule has 1 fully saturated rings. The van der Waals surface area contributed by atoms with Crippen molar-refractivity contribution >= 4 is 6.29 Å². The zero-order valence-corrected chi connectivity index (χ0v) is 8.84. The molecule has 1 aliphatic rings. The predicted molar refractivity (Wildman–Crippen MR) is 52.4 cm³/mol. The fourth-order valence-corrected chi connectivity index (χ4v) is 1.88. The van der Waals surface area contributed by atoms with Crippen LogP contribution < -0.4 is 0 Å². The fraction of sp³-hybridized carbons (Fsp3) is 0.909. The summed E-state index contributed by atoms with van der Waals surface area (Å²) in [5, 5.41) is 10.1. The van der Waals surface area contributed by atoms with Gasteiger partial charge in [0.1, 0.15) is 6.29 Å². The van der Waals surface area contributed by atoms with Crippen molar-refractivity contribution in [3.63, 3.8) is 0 Å². The lowest BCUT2D eigenvalue weighted by Gasteiger charge is -2.43. The van der Waals surface area contributed by atoms with Gasteiger partial charge in [0.25, 0.3) is 0 Å². The van der Waals surface area contributed by atoms with Crippen LogP contribution in [0.2, 0.25) is 0 Å². The number of carbonyl (C=O) groups is 1. The van der Waals surface area contributed by atoms with Gasteiger partial charge in [0.15, 0.2) is 0 Å². The van der Waals surface area contributed by atoms with Crippen LogP contribution in [-0.4, -0.2) is 17.0 Å². The van der Waals surface area contributed by atoms with Crippen LogP contribution in [0.1, 0.15) is 46.5 Å². The van der Waals surface area contributed by atoms with Crippen molar-refractivity contribution in [2.45, 2.75) is 52.1 Å². The van der Waals surface area contributed by atoms with Gasteiger partial charge < -0.3 is 9.90 Å². The second kappa shape index (κ2) is 3.41. The molecule has 0 radical (unpaired) electrons. The molecule has 1 saturated carbocycles. The van der Waals surface area contributed by atoms with Gasteiger partial charge in [-0.15, -0.1) is 0 Å². The summed E-state index contributed by atoms with van der Waals surface area (Å²) >= 11 is 0. The van der Waals surface area contributed by atoms with E-state index in [-0.39, 0.29) is 11.3 Å². The molecule has 0 aromatic rings. The maximum atomic E-state index is 10.9. The monoisotopic (exact) mass is 184 g/mol. The van der Waals surface area contributed by atoms with E-state index in [1.54, 1.807) is 0 Å². The number of hydrogen-bond donors (Lipinski definition) is 1. The molecule has 1 atom stereocenters. The van der Waals surface area contributed by atoms with E-state index in [9.17, 15) is 9.90 Å². The maximum absolute atomic E-state index is 10.9. The molecule has 0 saturated heterocycles. The van der Waals surface area contributed by atoms with Crippen molar-refractivity contribution in [1.29, 1.82) is 0 Å². The standard InChI is InChI=1S/C11H20O2/c1-9(2)10(3,13)7-11(8-12)5-4-6-11/h8-9,13H,4-7H2,1-3H3. The Morgan fingerprint density at radius 2 is 2.08 bits per heavy atom. The molecule has 0 heterocycles. The Morgan fingerprint density at radius 3 is 2.31 bits per heavy atom. The van der Waals surface area contributed by atoms with Gasteiger partial charge in [-0.1, -0.05) is 20.3 Å². The van der Waals surface area contributed by atoms with Crippen LogP contribution in [0.15, 0.2) is 0 Å². The van der Waals surface area contributed by atoms with Gasteiger partial charge in [-0.3, -0.25) is 0 Å². The highest BCUT2D eigenvalue weighted by Crippen LogP contribution is 2.46. The number of aldehydes is 1. The van der Waals surface area contributed by atoms with E-state index in [2.05, 4.69) is 0 Å². The van der Waals surface area contributed by atoms with E-state index in [1.807, 2.05) is 20.8 Å². The zero-order chi connectivity index (χ0) is 10.1. The Kier molecular flexibility index (Phi) is 2.81. The first-order valence-corrected chi connectivity index (χ1v) is 5.11. The molecule has 0 aliphatic heterocycles. The molecule has 13 heavy (non-hydrogen) atoms. The highest BCUT2D eigenvalue weighted by Gasteiger charge is 2.43. The molecule has 0 bridgehead atoms. The Balaban J connectivity index is 2.60. The van der Waals surface area contributed by atoms with Crippen LogP contribution in [0.4, 0.5) is 0 Å². The summed E-state index contributed by atoms with van der Waals surface area (Å²) in [5.41, 5.74) is -0.894. The normalized spacial score (nSPS) is 25.0. The van der Waals surface area contributed by atoms with E-state index < -0.39 is 5.60 Å². The van der Waals surface area contributed by atoms with E-state index in [1.165, 1.54) is 0 Å². The first kappa shape index (κ1) is 10.7. The van der Waals surface area contributed by atoms with Gasteiger partial charge in [-0.25, -0.2) is 0 Å². The van der Waals surface area contributed by atoms with Crippen molar-refractivity contribution in [2.24, 2.45) is 11.3 Å². The zero-order valence-electron chi connectivity index (χ0n) is 8.84. The van der Waals surface area contributed by atoms with Gasteiger partial charge in [0.2, 0.25) is 0 Å². The number of aliphatic hydroxyl groups is 1. The van der Waals surface area contributed by atoms with Crippen molar-refractivity contribution in [2.75, 3.05) is 0 Å². The SMILES string of the molecule is CC(C)C(C)(O)CC1(C=O)CCC1. The Bertz CT molecular complexity index is 190. The number of hydrogen-bond acceptors (Lipinski definition) is 2. The average molecular weight is 184 g/mol. The molecule has 0 aromatic carbocycles. The lowest BCUT2D eigenvalue weighted by atomic mass is 9.63. The molecule has 0 spiro atoms. The molecule has 0 amide bonds. The molecule has 0 aromatic heterocycles. The van der Waals surface area contributed by atoms with Gasteiger partial charge >= 0.3 is 0 Å². The molecule has 1 rings (SSSR count). The van der Waals surface area contributed by atoms with Crippen LogP contribution in [0.25, 0.3) is 0 Å². The average Bonchev–Trinajstić information content (AvgIpc) is 1.96. The largest absolute Gasteiger partial charge is 0.390 e. The highest BCUT2D eigenvalue weighted by atomic mass is 16.3. The first-order chi connectivity index (χ1) is 5.92. The van der Waals surface area contributed by atoms with Gasteiger partial charge in [-0.2, -0.15) is 0 Å². The number of carbonyl (C=O) groups excluding carboxylic acids is 1. The maximum Gasteiger partial charge on any atom is 0.126 e. The second-order valence-corrected chi connectivity index (χ2v) is 5.02. The topological polar surface area (TPSA) is 37.3 Å². The minimum atomic E-state index is -0.693. The van der Waals surface area contributed by atoms with E-state index >= 15 is 0 Å². The van der Waals surface area contributed by atoms with Crippen LogP contribution in [-0.2, 0) is 4.79 Å². The number of rotatable bonds is 4. The summed E-state index contributed by atoms with van der Waals surface area (Å²) in [4.78, 5) is 10.9. The molecule has 1 N–H and O–H groups in total. The second-order valence-electron chi connectivity index (χ2n) is 5.02. The molecular weight excluding hydrogens is 164 g/mol. The van der Waals surface area contributed by atoms with E-state index in [4.69, 9.17) is 0 Å². The summed E-state index contributed by atoms with van der Waals surface area (Å²) < 4.78 is 0. The van der Waals surface area contributed by atoms with E-state index in [0.29, 0.717) is 6.42 Å². The smallest absolute Gasteiger partial charge is 0.126 e. The quantitative estimate of drug-likeness (QED) is 0.680. The summed E-state index contributed by atoms with van der Waals surface area (Å²) in [6, 6.07) is 0. The Morgan fingerprint density at radius 1 is 1.54 bits per heavy atom. The van der Waals surface area contributed by atoms with Crippen LogP contribution >= 0.6 is 0 Å². The van der Waals surface area contributed by atoms with Crippen LogP contribution in [0.3, 0.4) is 0 Å². The Labute approximate surface area is 80.3 Å². The molecule has 1 unspecified atom stereocenters. The molecule has 1 aliphatic carbocycles. The predicted octanol–water partition coefficient (Wildman–Crippen LogP) is 2.15. The molecule has 76 valence electrons. The fourth-order valence-electron chi connectivity index (χ4n) is 1.88. The third-order valence-corrected chi connectivity index (χ3v) is 3.55. The third-order valence-electron chi connectivity index (χ3n) is 3.55. The molecular formula is C11H20O2. The third kappa shape index (κ3) is 2.11. The molecule has 2 heteroatoms. The summed E-state index contributed by atoms with van der Waals surface area (Å²) in [7, 11) is 0. The highest BCUT2D eigenvalue weighted by molar-refractivity contribution is 5.61. The lowest BCUT2D eigenvalue weighted by Crippen LogP contribution is -2.43. The van der Waals surface area contributed by atoms with E-state index in [0.717, 1.165) is 25.5 Å². The minimum absolute atomic E-state index is 0.201. The Hall–Kier alpha value is -0.370. The first-order valence-electron chi connectivity index (χ1n) is 5.11. The van der Waals surface area contributed by atoms with Crippen LogP contribution in [0.5, 0.6) is 0 Å². The van der Waals surface area contributed by atoms with Gasteiger partial charge in [0, 0.05) is 5.41 Å². The minimum Gasteiger partial charge on any atom is -0.390 e. The lowest BCUT2D eigenvalue weighted by molar-refractivity contribution is -0.128. The summed E-state index contributed by atoms with van der Waals surface area (Å²) in [5.74, 6) is 0.213. The van der Waals surface area contributed by atoms with Crippen molar-refractivity contribution in [1.82, 2.24) is 0 Å². The molecule has 2 nitrogen and oxygen atoms in total.